The number of aryl methyl sites for hydroxylation is 1. The van der Waals surface area contributed by atoms with Gasteiger partial charge in [-0.1, -0.05) is 19.1 Å². The predicted molar refractivity (Wildman–Crippen MR) is 110 cm³/mol. The highest BCUT2D eigenvalue weighted by atomic mass is 32.2. The van der Waals surface area contributed by atoms with E-state index in [-0.39, 0.29) is 10.6 Å². The van der Waals surface area contributed by atoms with Crippen LogP contribution in [0.15, 0.2) is 59.9 Å². The van der Waals surface area contributed by atoms with Gasteiger partial charge in [0.15, 0.2) is 9.84 Å². The van der Waals surface area contributed by atoms with Gasteiger partial charge >= 0.3 is 6.18 Å². The molecule has 1 N–H and O–H groups in total. The van der Waals surface area contributed by atoms with Crippen molar-refractivity contribution in [1.82, 2.24) is 9.55 Å². The lowest BCUT2D eigenvalue weighted by molar-refractivity contribution is -0.137. The van der Waals surface area contributed by atoms with Crippen molar-refractivity contribution in [2.45, 2.75) is 31.0 Å². The summed E-state index contributed by atoms with van der Waals surface area (Å²) in [7, 11) is -1.64. The number of imidazole rings is 1. The van der Waals surface area contributed by atoms with Crippen molar-refractivity contribution in [2.24, 2.45) is 7.05 Å². The van der Waals surface area contributed by atoms with E-state index >= 15 is 0 Å². The van der Waals surface area contributed by atoms with Gasteiger partial charge in [0.1, 0.15) is 0 Å². The normalized spacial score (nSPS) is 13.3. The van der Waals surface area contributed by atoms with Crippen LogP contribution in [0.25, 0.3) is 11.3 Å². The fourth-order valence-corrected chi connectivity index (χ4v) is 3.98. The van der Waals surface area contributed by atoms with E-state index in [1.54, 1.807) is 56.2 Å². The fourth-order valence-electron chi connectivity index (χ4n) is 3.07. The lowest BCUT2D eigenvalue weighted by atomic mass is 10.0. The first-order valence-electron chi connectivity index (χ1n) is 9.30. The third-order valence-corrected chi connectivity index (χ3v) is 6.53. The van der Waals surface area contributed by atoms with Gasteiger partial charge in [0.05, 0.1) is 28.2 Å². The zero-order chi connectivity index (χ0) is 22.1. The molecule has 0 saturated carbocycles. The number of rotatable bonds is 6. The van der Waals surface area contributed by atoms with Gasteiger partial charge in [-0.2, -0.15) is 13.2 Å². The predicted octanol–water partition coefficient (Wildman–Crippen LogP) is 5.07. The standard InChI is InChI=1S/C21H22F3N3O2S/c1-4-30(28,29)17-8-9-19(18(11-17)20-12-27(3)13-25-20)26-14(2)15-6-5-7-16(10-15)21(22,23)24/h5-14,26H,4H2,1-3H3/t14-/m0/s1. The SMILES string of the molecule is CCS(=O)(=O)c1ccc(N[C@@H](C)c2cccc(C(F)(F)F)c2)c(-c2cn(C)cn2)c1. The van der Waals surface area contributed by atoms with E-state index in [2.05, 4.69) is 10.3 Å². The Hall–Kier alpha value is -2.81. The first-order chi connectivity index (χ1) is 14.0. The maximum atomic E-state index is 13.0. The Morgan fingerprint density at radius 1 is 1.17 bits per heavy atom. The molecule has 3 rings (SSSR count). The Morgan fingerprint density at radius 3 is 2.50 bits per heavy atom. The summed E-state index contributed by atoms with van der Waals surface area (Å²) < 4.78 is 65.5. The Labute approximate surface area is 173 Å². The van der Waals surface area contributed by atoms with Crippen LogP contribution in [0.4, 0.5) is 18.9 Å². The molecular weight excluding hydrogens is 415 g/mol. The first-order valence-corrected chi connectivity index (χ1v) is 11.0. The molecule has 0 fully saturated rings. The summed E-state index contributed by atoms with van der Waals surface area (Å²) in [5, 5.41) is 3.20. The molecule has 0 aliphatic rings. The smallest absolute Gasteiger partial charge is 0.378 e. The third kappa shape index (κ3) is 4.67. The molecule has 160 valence electrons. The number of benzene rings is 2. The van der Waals surface area contributed by atoms with Crippen LogP contribution in [0.1, 0.15) is 31.0 Å². The van der Waals surface area contributed by atoms with Crippen molar-refractivity contribution in [3.63, 3.8) is 0 Å². The van der Waals surface area contributed by atoms with E-state index in [1.807, 2.05) is 0 Å². The molecule has 0 bridgehead atoms. The minimum absolute atomic E-state index is 0.0396. The molecule has 0 radical (unpaired) electrons. The van der Waals surface area contributed by atoms with Crippen molar-refractivity contribution >= 4 is 15.5 Å². The molecule has 1 atom stereocenters. The summed E-state index contributed by atoms with van der Waals surface area (Å²) >= 11 is 0. The molecule has 9 heteroatoms. The van der Waals surface area contributed by atoms with Gasteiger partial charge in [0.25, 0.3) is 0 Å². The molecule has 0 aliphatic carbocycles. The quantitative estimate of drug-likeness (QED) is 0.585. The average molecular weight is 437 g/mol. The number of hydrogen-bond acceptors (Lipinski definition) is 4. The number of sulfone groups is 1. The van der Waals surface area contributed by atoms with Gasteiger partial charge in [-0.15, -0.1) is 0 Å². The average Bonchev–Trinajstić information content (AvgIpc) is 3.13. The van der Waals surface area contributed by atoms with E-state index < -0.39 is 27.6 Å². The van der Waals surface area contributed by atoms with Crippen LogP contribution in [0.5, 0.6) is 0 Å². The molecule has 1 heterocycles. The number of nitrogens with one attached hydrogen (secondary N) is 1. The molecule has 2 aromatic carbocycles. The molecule has 1 aromatic heterocycles. The Balaban J connectivity index is 2.01. The van der Waals surface area contributed by atoms with Crippen molar-refractivity contribution in [3.05, 3.63) is 66.1 Å². The van der Waals surface area contributed by atoms with Crippen LogP contribution in [0.2, 0.25) is 0 Å². The summed E-state index contributed by atoms with van der Waals surface area (Å²) in [5.74, 6) is -0.0396. The highest BCUT2D eigenvalue weighted by Gasteiger charge is 2.30. The van der Waals surface area contributed by atoms with Gasteiger partial charge in [-0.25, -0.2) is 13.4 Å². The molecule has 0 unspecified atom stereocenters. The molecule has 3 aromatic rings. The number of halogens is 3. The number of nitrogens with zero attached hydrogens (tertiary/aromatic N) is 2. The lowest BCUT2D eigenvalue weighted by Gasteiger charge is -2.20. The lowest BCUT2D eigenvalue weighted by Crippen LogP contribution is -2.11. The largest absolute Gasteiger partial charge is 0.416 e. The van der Waals surface area contributed by atoms with Gasteiger partial charge in [-0.05, 0) is 42.8 Å². The van der Waals surface area contributed by atoms with Gasteiger partial charge in [-0.3, -0.25) is 0 Å². The van der Waals surface area contributed by atoms with Gasteiger partial charge < -0.3 is 9.88 Å². The summed E-state index contributed by atoms with van der Waals surface area (Å²) in [4.78, 5) is 4.47. The van der Waals surface area contributed by atoms with E-state index in [1.165, 1.54) is 12.1 Å². The molecule has 0 amide bonds. The molecular formula is C21H22F3N3O2S. The molecule has 0 spiro atoms. The van der Waals surface area contributed by atoms with Crippen LogP contribution in [0, 0.1) is 0 Å². The van der Waals surface area contributed by atoms with Crippen LogP contribution in [0.3, 0.4) is 0 Å². The van der Waals surface area contributed by atoms with E-state index in [4.69, 9.17) is 0 Å². The minimum atomic E-state index is -4.43. The molecule has 0 saturated heterocycles. The molecule has 0 aliphatic heterocycles. The maximum Gasteiger partial charge on any atom is 0.416 e. The third-order valence-electron chi connectivity index (χ3n) is 4.80. The second-order valence-electron chi connectivity index (χ2n) is 7.02. The monoisotopic (exact) mass is 437 g/mol. The second-order valence-corrected chi connectivity index (χ2v) is 9.30. The Kier molecular flexibility index (Phi) is 5.94. The second kappa shape index (κ2) is 8.14. The highest BCUT2D eigenvalue weighted by molar-refractivity contribution is 7.91. The zero-order valence-corrected chi connectivity index (χ0v) is 17.6. The zero-order valence-electron chi connectivity index (χ0n) is 16.7. The fraction of sp³-hybridized carbons (Fsp3) is 0.286. The first kappa shape index (κ1) is 21.9. The summed E-state index contributed by atoms with van der Waals surface area (Å²) in [6, 6.07) is 9.32. The van der Waals surface area contributed by atoms with Crippen molar-refractivity contribution < 1.29 is 21.6 Å². The van der Waals surface area contributed by atoms with Crippen LogP contribution in [-0.2, 0) is 23.1 Å². The van der Waals surface area contributed by atoms with Crippen LogP contribution in [-0.4, -0.2) is 23.7 Å². The highest BCUT2D eigenvalue weighted by Crippen LogP contribution is 2.34. The van der Waals surface area contributed by atoms with E-state index in [0.29, 0.717) is 22.5 Å². The molecule has 30 heavy (non-hydrogen) atoms. The number of aromatic nitrogens is 2. The summed E-state index contributed by atoms with van der Waals surface area (Å²) in [6.07, 6.45) is -1.08. The van der Waals surface area contributed by atoms with Crippen LogP contribution >= 0.6 is 0 Å². The topological polar surface area (TPSA) is 64.0 Å². The number of anilines is 1. The van der Waals surface area contributed by atoms with Crippen molar-refractivity contribution in [2.75, 3.05) is 11.1 Å². The van der Waals surface area contributed by atoms with Gasteiger partial charge in [0.2, 0.25) is 0 Å². The minimum Gasteiger partial charge on any atom is -0.378 e. The Bertz CT molecular complexity index is 1150. The van der Waals surface area contributed by atoms with E-state index in [0.717, 1.165) is 12.1 Å². The maximum absolute atomic E-state index is 13.0. The number of hydrogen-bond donors (Lipinski definition) is 1. The summed E-state index contributed by atoms with van der Waals surface area (Å²) in [5.41, 5.74) is 1.44. The van der Waals surface area contributed by atoms with Gasteiger partial charge in [0, 0.05) is 30.5 Å². The van der Waals surface area contributed by atoms with Crippen molar-refractivity contribution in [1.29, 1.82) is 0 Å². The summed E-state index contributed by atoms with van der Waals surface area (Å²) in [6.45, 7) is 3.31. The van der Waals surface area contributed by atoms with E-state index in [9.17, 15) is 21.6 Å². The number of alkyl halides is 3. The van der Waals surface area contributed by atoms with Crippen molar-refractivity contribution in [3.8, 4) is 11.3 Å². The van der Waals surface area contributed by atoms with Crippen LogP contribution < -0.4 is 5.32 Å². The Morgan fingerprint density at radius 2 is 1.90 bits per heavy atom. The molecule has 5 nitrogen and oxygen atoms in total.